The first kappa shape index (κ1) is 31.4. The second-order valence-corrected chi connectivity index (χ2v) is 13.2. The van der Waals surface area contributed by atoms with Crippen molar-refractivity contribution < 1.29 is 20.1 Å². The average molecular weight is 675 g/mol. The maximum Gasteiger partial charge on any atom is 0.128 e. The summed E-state index contributed by atoms with van der Waals surface area (Å²) in [5.41, 5.74) is 5.36. The normalized spacial score (nSPS) is 12.1. The predicted octanol–water partition coefficient (Wildman–Crippen LogP) is 11.7. The number of phenolic OH excluding ortho intramolecular Hbond substituents is 2. The number of hydrogen-bond donors (Lipinski definition) is 3. The fourth-order valence-corrected chi connectivity index (χ4v) is 7.66. The van der Waals surface area contributed by atoms with Crippen molar-refractivity contribution in [2.75, 3.05) is 0 Å². The zero-order chi connectivity index (χ0) is 35.2. The molecule has 0 saturated carbocycles. The number of benzene rings is 9. The van der Waals surface area contributed by atoms with Crippen molar-refractivity contribution in [3.63, 3.8) is 0 Å². The van der Waals surface area contributed by atoms with Gasteiger partial charge >= 0.3 is 0 Å². The molecule has 0 aromatic heterocycles. The molecule has 0 radical (unpaired) electrons. The summed E-state index contributed by atoms with van der Waals surface area (Å²) < 4.78 is 6.62. The largest absolute Gasteiger partial charge is 0.507 e. The van der Waals surface area contributed by atoms with E-state index in [2.05, 4.69) is 12.1 Å². The van der Waals surface area contributed by atoms with Crippen molar-refractivity contribution in [1.82, 2.24) is 0 Å². The van der Waals surface area contributed by atoms with E-state index < -0.39 is 6.10 Å². The number of aliphatic hydroxyl groups excluding tert-OH is 1. The predicted molar refractivity (Wildman–Crippen MR) is 212 cm³/mol. The average Bonchev–Trinajstić information content (AvgIpc) is 3.19. The van der Waals surface area contributed by atoms with Crippen LogP contribution in [0.15, 0.2) is 170 Å². The maximum atomic E-state index is 12.2. The Kier molecular flexibility index (Phi) is 7.80. The van der Waals surface area contributed by atoms with Crippen LogP contribution >= 0.6 is 0 Å². The first-order valence-electron chi connectivity index (χ1n) is 17.4. The molecule has 52 heavy (non-hydrogen) atoms. The summed E-state index contributed by atoms with van der Waals surface area (Å²) >= 11 is 0. The minimum absolute atomic E-state index is 0.161. The second-order valence-electron chi connectivity index (χ2n) is 13.2. The third-order valence-corrected chi connectivity index (χ3v) is 10.1. The Balaban J connectivity index is 1.12. The molecule has 0 spiro atoms. The van der Waals surface area contributed by atoms with Gasteiger partial charge in [-0.1, -0.05) is 146 Å². The minimum atomic E-state index is -0.984. The van der Waals surface area contributed by atoms with Crippen LogP contribution in [0.4, 0.5) is 0 Å². The standard InChI is InChI=1S/C48H34O4/c49-41-25-21-32-12-2-6-17-37(32)45(41)44-36-16-5-1-11-31(36)20-24-40(44)48(51)35-15-9-10-30(28-35)29-52-43-27-23-34-14-4-8-19-39(34)47(43)46-38-18-7-3-13-33(38)22-26-42(46)50/h1-28,48-51H,29H2/t48-/m0/s1. The highest BCUT2D eigenvalue weighted by molar-refractivity contribution is 6.10. The van der Waals surface area contributed by atoms with Crippen LogP contribution in [-0.2, 0) is 6.61 Å². The van der Waals surface area contributed by atoms with Gasteiger partial charge in [0.1, 0.15) is 30.0 Å². The quantitative estimate of drug-likeness (QED) is 0.157. The summed E-state index contributed by atoms with van der Waals surface area (Å²) in [6.07, 6.45) is -0.984. The van der Waals surface area contributed by atoms with E-state index in [4.69, 9.17) is 4.74 Å². The van der Waals surface area contributed by atoms with E-state index in [9.17, 15) is 15.3 Å². The van der Waals surface area contributed by atoms with Gasteiger partial charge in [-0.2, -0.15) is 0 Å². The van der Waals surface area contributed by atoms with E-state index in [1.165, 1.54) is 0 Å². The highest BCUT2D eigenvalue weighted by atomic mass is 16.5. The first-order valence-corrected chi connectivity index (χ1v) is 17.4. The van der Waals surface area contributed by atoms with Crippen molar-refractivity contribution in [1.29, 1.82) is 0 Å². The fourth-order valence-electron chi connectivity index (χ4n) is 7.66. The number of fused-ring (bicyclic) bond motifs is 4. The van der Waals surface area contributed by atoms with E-state index in [1.807, 2.05) is 146 Å². The molecule has 9 aromatic rings. The van der Waals surface area contributed by atoms with Crippen molar-refractivity contribution in [3.05, 3.63) is 187 Å². The van der Waals surface area contributed by atoms with Gasteiger partial charge in [0.2, 0.25) is 0 Å². The molecule has 3 N–H and O–H groups in total. The number of ether oxygens (including phenoxy) is 1. The van der Waals surface area contributed by atoms with Gasteiger partial charge in [0.25, 0.3) is 0 Å². The molecule has 0 saturated heterocycles. The zero-order valence-electron chi connectivity index (χ0n) is 28.2. The molecule has 0 aliphatic heterocycles. The minimum Gasteiger partial charge on any atom is -0.507 e. The van der Waals surface area contributed by atoms with Crippen LogP contribution in [0.1, 0.15) is 22.8 Å². The second kappa shape index (κ2) is 12.9. The number of aliphatic hydroxyl groups is 1. The van der Waals surface area contributed by atoms with Gasteiger partial charge in [-0.05, 0) is 89.6 Å². The highest BCUT2D eigenvalue weighted by Crippen LogP contribution is 2.46. The van der Waals surface area contributed by atoms with Crippen molar-refractivity contribution in [3.8, 4) is 39.5 Å². The lowest BCUT2D eigenvalue weighted by Gasteiger charge is -2.21. The van der Waals surface area contributed by atoms with Gasteiger partial charge in [0.15, 0.2) is 0 Å². The van der Waals surface area contributed by atoms with Crippen LogP contribution < -0.4 is 4.74 Å². The van der Waals surface area contributed by atoms with Crippen LogP contribution in [0.2, 0.25) is 0 Å². The van der Waals surface area contributed by atoms with Crippen LogP contribution in [0.5, 0.6) is 17.2 Å². The lowest BCUT2D eigenvalue weighted by Crippen LogP contribution is -2.05. The Morgan fingerprint density at radius 2 is 0.885 bits per heavy atom. The lowest BCUT2D eigenvalue weighted by atomic mass is 9.86. The first-order chi connectivity index (χ1) is 25.5. The summed E-state index contributed by atoms with van der Waals surface area (Å²) in [6, 6.07) is 55.4. The van der Waals surface area contributed by atoms with Crippen LogP contribution in [-0.4, -0.2) is 15.3 Å². The summed E-state index contributed by atoms with van der Waals surface area (Å²) in [6.45, 7) is 0.242. The van der Waals surface area contributed by atoms with Crippen molar-refractivity contribution in [2.45, 2.75) is 12.7 Å². The van der Waals surface area contributed by atoms with Gasteiger partial charge in [-0.15, -0.1) is 0 Å². The Labute approximate surface area is 301 Å². The van der Waals surface area contributed by atoms with Crippen LogP contribution in [0.25, 0.3) is 65.3 Å². The Hall–Kier alpha value is -6.62. The third-order valence-electron chi connectivity index (χ3n) is 10.1. The van der Waals surface area contributed by atoms with Crippen molar-refractivity contribution >= 4 is 43.1 Å². The van der Waals surface area contributed by atoms with Gasteiger partial charge in [0, 0.05) is 16.7 Å². The Morgan fingerprint density at radius 3 is 1.46 bits per heavy atom. The smallest absolute Gasteiger partial charge is 0.128 e. The summed E-state index contributed by atoms with van der Waals surface area (Å²) in [4.78, 5) is 0. The molecular weight excluding hydrogens is 641 g/mol. The number of hydrogen-bond acceptors (Lipinski definition) is 4. The SMILES string of the molecule is Oc1ccc2ccccc2c1-c1c(OCc2cccc([C@H](O)c3ccc4ccccc4c3-c3c(O)ccc4ccccc34)c2)ccc2ccccc12. The highest BCUT2D eigenvalue weighted by Gasteiger charge is 2.23. The zero-order valence-corrected chi connectivity index (χ0v) is 28.2. The molecule has 250 valence electrons. The fraction of sp³-hybridized carbons (Fsp3) is 0.0417. The van der Waals surface area contributed by atoms with Gasteiger partial charge in [-0.3, -0.25) is 0 Å². The Bertz CT molecular complexity index is 2800. The third kappa shape index (κ3) is 5.38. The summed E-state index contributed by atoms with van der Waals surface area (Å²) in [5.74, 6) is 1.00. The molecule has 0 heterocycles. The monoisotopic (exact) mass is 674 g/mol. The number of aromatic hydroxyl groups is 2. The van der Waals surface area contributed by atoms with E-state index in [1.54, 1.807) is 12.1 Å². The van der Waals surface area contributed by atoms with E-state index >= 15 is 0 Å². The summed E-state index contributed by atoms with van der Waals surface area (Å²) in [5, 5.41) is 42.7. The van der Waals surface area contributed by atoms with Crippen LogP contribution in [0.3, 0.4) is 0 Å². The molecule has 0 amide bonds. The molecule has 0 aliphatic carbocycles. The summed E-state index contributed by atoms with van der Waals surface area (Å²) in [7, 11) is 0. The number of phenols is 2. The molecule has 4 heteroatoms. The molecule has 4 nitrogen and oxygen atoms in total. The van der Waals surface area contributed by atoms with Gasteiger partial charge < -0.3 is 20.1 Å². The molecule has 0 bridgehead atoms. The van der Waals surface area contributed by atoms with Gasteiger partial charge in [0.05, 0.1) is 0 Å². The van der Waals surface area contributed by atoms with Crippen molar-refractivity contribution in [2.24, 2.45) is 0 Å². The number of rotatable bonds is 7. The molecule has 9 aromatic carbocycles. The maximum absolute atomic E-state index is 12.2. The van der Waals surface area contributed by atoms with E-state index in [0.29, 0.717) is 22.4 Å². The van der Waals surface area contributed by atoms with Gasteiger partial charge in [-0.25, -0.2) is 0 Å². The lowest BCUT2D eigenvalue weighted by molar-refractivity contribution is 0.220. The molecular formula is C48H34O4. The molecule has 0 unspecified atom stereocenters. The molecule has 0 fully saturated rings. The Morgan fingerprint density at radius 1 is 0.423 bits per heavy atom. The topological polar surface area (TPSA) is 69.9 Å². The molecule has 1 atom stereocenters. The molecule has 9 rings (SSSR count). The van der Waals surface area contributed by atoms with E-state index in [0.717, 1.165) is 65.3 Å². The van der Waals surface area contributed by atoms with E-state index in [-0.39, 0.29) is 18.1 Å². The van der Waals surface area contributed by atoms with Crippen LogP contribution in [0, 0.1) is 0 Å². The molecule has 0 aliphatic rings.